The van der Waals surface area contributed by atoms with E-state index in [0.29, 0.717) is 5.69 Å². The molecule has 2 aromatic heterocycles. The average Bonchev–Trinajstić information content (AvgIpc) is 2.32. The van der Waals surface area contributed by atoms with Crippen molar-refractivity contribution < 1.29 is 9.18 Å². The van der Waals surface area contributed by atoms with Crippen LogP contribution in [0, 0.1) is 5.82 Å². The summed E-state index contributed by atoms with van der Waals surface area (Å²) in [5, 5.41) is 2.49. The van der Waals surface area contributed by atoms with Gasteiger partial charge in [-0.25, -0.2) is 9.37 Å². The Balaban J connectivity index is 2.17. The third-order valence-corrected chi connectivity index (χ3v) is 2.07. The van der Waals surface area contributed by atoms with Gasteiger partial charge < -0.3 is 11.1 Å². The van der Waals surface area contributed by atoms with Crippen LogP contribution in [0.4, 0.5) is 15.9 Å². The van der Waals surface area contributed by atoms with Gasteiger partial charge in [0, 0.05) is 18.1 Å². The van der Waals surface area contributed by atoms with Gasteiger partial charge in [0.05, 0.1) is 11.8 Å². The van der Waals surface area contributed by atoms with Gasteiger partial charge >= 0.3 is 0 Å². The highest BCUT2D eigenvalue weighted by Crippen LogP contribution is 2.11. The fraction of sp³-hybridized carbons (Fsp3) is 0. The minimum absolute atomic E-state index is 0.249. The molecule has 2 aromatic rings. The van der Waals surface area contributed by atoms with Crippen molar-refractivity contribution in [2.45, 2.75) is 0 Å². The van der Waals surface area contributed by atoms with E-state index in [0.717, 1.165) is 6.20 Å². The van der Waals surface area contributed by atoms with Crippen molar-refractivity contribution in [2.75, 3.05) is 11.1 Å². The molecule has 2 rings (SSSR count). The highest BCUT2D eigenvalue weighted by molar-refractivity contribution is 6.06. The number of carbonyl (C=O) groups excluding carboxylic acids is 1. The second kappa shape index (κ2) is 4.56. The Labute approximate surface area is 96.5 Å². The molecule has 0 aliphatic heterocycles. The molecule has 0 atom stereocenters. The van der Waals surface area contributed by atoms with Crippen LogP contribution in [0.2, 0.25) is 0 Å². The molecule has 2 heterocycles. The van der Waals surface area contributed by atoms with Crippen molar-refractivity contribution in [1.82, 2.24) is 9.97 Å². The maximum absolute atomic E-state index is 12.6. The predicted molar refractivity (Wildman–Crippen MR) is 60.8 cm³/mol. The second-order valence-corrected chi connectivity index (χ2v) is 3.28. The number of anilines is 2. The molecule has 0 radical (unpaired) electrons. The van der Waals surface area contributed by atoms with Crippen LogP contribution in [-0.2, 0) is 0 Å². The van der Waals surface area contributed by atoms with Crippen molar-refractivity contribution in [3.63, 3.8) is 0 Å². The average molecular weight is 232 g/mol. The Morgan fingerprint density at radius 3 is 2.76 bits per heavy atom. The van der Waals surface area contributed by atoms with E-state index >= 15 is 0 Å². The zero-order chi connectivity index (χ0) is 12.3. The summed E-state index contributed by atoms with van der Waals surface area (Å²) in [6.45, 7) is 0. The first-order chi connectivity index (χ1) is 8.16. The number of nitrogen functional groups attached to an aromatic ring is 1. The Hall–Kier alpha value is -2.50. The summed E-state index contributed by atoms with van der Waals surface area (Å²) in [6, 6.07) is 4.09. The smallest absolute Gasteiger partial charge is 0.260 e. The predicted octanol–water partition coefficient (Wildman–Crippen LogP) is 1.45. The highest BCUT2D eigenvalue weighted by atomic mass is 19.1. The minimum Gasteiger partial charge on any atom is -0.398 e. The molecule has 0 saturated carbocycles. The van der Waals surface area contributed by atoms with Crippen molar-refractivity contribution in [3.8, 4) is 0 Å². The molecule has 0 saturated heterocycles. The number of pyridine rings is 2. The number of hydrogen-bond donors (Lipinski definition) is 2. The number of nitrogens with one attached hydrogen (secondary N) is 1. The SMILES string of the molecule is Nc1ccncc1C(=O)Nc1ccc(F)cn1. The van der Waals surface area contributed by atoms with Crippen molar-refractivity contribution in [2.24, 2.45) is 0 Å². The molecule has 0 spiro atoms. The monoisotopic (exact) mass is 232 g/mol. The van der Waals surface area contributed by atoms with E-state index in [1.165, 1.54) is 30.6 Å². The first-order valence-corrected chi connectivity index (χ1v) is 4.79. The van der Waals surface area contributed by atoms with Crippen molar-refractivity contribution in [1.29, 1.82) is 0 Å². The summed E-state index contributed by atoms with van der Waals surface area (Å²) in [5.74, 6) is -0.654. The van der Waals surface area contributed by atoms with Crippen LogP contribution in [-0.4, -0.2) is 15.9 Å². The van der Waals surface area contributed by atoms with E-state index in [1.807, 2.05) is 0 Å². The third kappa shape index (κ3) is 2.54. The number of halogens is 1. The van der Waals surface area contributed by atoms with Gasteiger partial charge in [0.2, 0.25) is 0 Å². The van der Waals surface area contributed by atoms with E-state index < -0.39 is 11.7 Å². The van der Waals surface area contributed by atoms with Gasteiger partial charge in [-0.2, -0.15) is 0 Å². The van der Waals surface area contributed by atoms with Crippen molar-refractivity contribution >= 4 is 17.4 Å². The number of amides is 1. The molecule has 86 valence electrons. The fourth-order valence-electron chi connectivity index (χ4n) is 1.23. The number of aromatic nitrogens is 2. The summed E-state index contributed by atoms with van der Waals surface area (Å²) in [4.78, 5) is 19.3. The number of nitrogens with zero attached hydrogens (tertiary/aromatic N) is 2. The number of rotatable bonds is 2. The summed E-state index contributed by atoms with van der Waals surface area (Å²) in [5.41, 5.74) is 6.19. The Bertz CT molecular complexity index is 541. The Morgan fingerprint density at radius 1 is 1.29 bits per heavy atom. The van der Waals surface area contributed by atoms with Crippen LogP contribution < -0.4 is 11.1 Å². The summed E-state index contributed by atoms with van der Waals surface area (Å²) in [7, 11) is 0. The van der Waals surface area contributed by atoms with Gasteiger partial charge in [0.15, 0.2) is 0 Å². The molecule has 0 aliphatic carbocycles. The molecule has 0 unspecified atom stereocenters. The Kier molecular flexibility index (Phi) is 2.95. The number of hydrogen-bond acceptors (Lipinski definition) is 4. The molecule has 0 fully saturated rings. The topological polar surface area (TPSA) is 80.9 Å². The lowest BCUT2D eigenvalue weighted by Crippen LogP contribution is -2.15. The van der Waals surface area contributed by atoms with Crippen LogP contribution >= 0.6 is 0 Å². The molecule has 1 amide bonds. The quantitative estimate of drug-likeness (QED) is 0.821. The zero-order valence-electron chi connectivity index (χ0n) is 8.72. The van der Waals surface area contributed by atoms with Crippen LogP contribution in [0.3, 0.4) is 0 Å². The van der Waals surface area contributed by atoms with Crippen LogP contribution in [0.5, 0.6) is 0 Å². The van der Waals surface area contributed by atoms with Crippen molar-refractivity contribution in [3.05, 3.63) is 48.2 Å². The third-order valence-electron chi connectivity index (χ3n) is 2.07. The molecule has 6 heteroatoms. The molecule has 0 aromatic carbocycles. The van der Waals surface area contributed by atoms with Gasteiger partial charge in [0.1, 0.15) is 11.6 Å². The first kappa shape index (κ1) is 11.0. The lowest BCUT2D eigenvalue weighted by Gasteiger charge is -2.05. The number of carbonyl (C=O) groups is 1. The normalized spacial score (nSPS) is 9.94. The lowest BCUT2D eigenvalue weighted by molar-refractivity contribution is 0.102. The van der Waals surface area contributed by atoms with Crippen LogP contribution in [0.25, 0.3) is 0 Å². The maximum Gasteiger partial charge on any atom is 0.260 e. The second-order valence-electron chi connectivity index (χ2n) is 3.28. The van der Waals surface area contributed by atoms with Gasteiger partial charge in [-0.1, -0.05) is 0 Å². The Morgan fingerprint density at radius 2 is 2.12 bits per heavy atom. The van der Waals surface area contributed by atoms with Gasteiger partial charge in [-0.15, -0.1) is 0 Å². The summed E-state index contributed by atoms with van der Waals surface area (Å²) < 4.78 is 12.6. The highest BCUT2D eigenvalue weighted by Gasteiger charge is 2.10. The molecular formula is C11H9FN4O. The standard InChI is InChI=1S/C11H9FN4O/c12-7-1-2-10(15-5-7)16-11(17)8-6-14-4-3-9(8)13/h1-6H,(H2,13,14)(H,15,16,17). The van der Waals surface area contributed by atoms with E-state index in [9.17, 15) is 9.18 Å². The largest absolute Gasteiger partial charge is 0.398 e. The summed E-state index contributed by atoms with van der Waals surface area (Å²) in [6.07, 6.45) is 3.86. The summed E-state index contributed by atoms with van der Waals surface area (Å²) >= 11 is 0. The lowest BCUT2D eigenvalue weighted by atomic mass is 10.2. The van der Waals surface area contributed by atoms with Gasteiger partial charge in [-0.3, -0.25) is 9.78 Å². The molecule has 5 nitrogen and oxygen atoms in total. The molecule has 0 aliphatic rings. The fourth-order valence-corrected chi connectivity index (χ4v) is 1.23. The zero-order valence-corrected chi connectivity index (χ0v) is 8.72. The van der Waals surface area contributed by atoms with Gasteiger partial charge in [-0.05, 0) is 18.2 Å². The molecule has 17 heavy (non-hydrogen) atoms. The molecule has 3 N–H and O–H groups in total. The van der Waals surface area contributed by atoms with E-state index in [-0.39, 0.29) is 11.4 Å². The first-order valence-electron chi connectivity index (χ1n) is 4.79. The van der Waals surface area contributed by atoms with Crippen LogP contribution in [0.15, 0.2) is 36.8 Å². The molecular weight excluding hydrogens is 223 g/mol. The van der Waals surface area contributed by atoms with Gasteiger partial charge in [0.25, 0.3) is 5.91 Å². The molecule has 0 bridgehead atoms. The van der Waals surface area contributed by atoms with E-state index in [2.05, 4.69) is 15.3 Å². The van der Waals surface area contributed by atoms with Crippen LogP contribution in [0.1, 0.15) is 10.4 Å². The number of nitrogens with two attached hydrogens (primary N) is 1. The van der Waals surface area contributed by atoms with E-state index in [4.69, 9.17) is 5.73 Å². The maximum atomic E-state index is 12.6. The minimum atomic E-state index is -0.469. The van der Waals surface area contributed by atoms with E-state index in [1.54, 1.807) is 0 Å².